The molecule has 11 nitrogen and oxygen atoms in total. The molecule has 0 saturated carbocycles. The van der Waals surface area contributed by atoms with Crippen molar-refractivity contribution in [3.05, 3.63) is 48.3 Å². The second kappa shape index (κ2) is 10.5. The maximum absolute atomic E-state index is 14.6. The molecule has 2 aliphatic rings. The minimum absolute atomic E-state index is 0.238. The summed E-state index contributed by atoms with van der Waals surface area (Å²) in [4.78, 5) is 23.0. The Kier molecular flexibility index (Phi) is 6.73. The molecule has 2 aliphatic heterocycles. The van der Waals surface area contributed by atoms with Gasteiger partial charge in [-0.15, -0.1) is 0 Å². The summed E-state index contributed by atoms with van der Waals surface area (Å²) in [5.41, 5.74) is 4.60. The van der Waals surface area contributed by atoms with E-state index in [0.717, 1.165) is 27.7 Å². The summed E-state index contributed by atoms with van der Waals surface area (Å²) in [5, 5.41) is 5.63. The Bertz CT molecular complexity index is 1830. The number of anilines is 1. The number of nitrogens with zero attached hydrogens (tertiary/aromatic N) is 9. The molecule has 0 amide bonds. The fourth-order valence-corrected chi connectivity index (χ4v) is 6.39. The first-order valence-corrected chi connectivity index (χ1v) is 14.3. The van der Waals surface area contributed by atoms with Crippen molar-refractivity contribution in [2.45, 2.75) is 25.2 Å². The van der Waals surface area contributed by atoms with Crippen LogP contribution in [0.15, 0.2) is 36.8 Å². The molecule has 0 aliphatic carbocycles. The molecule has 0 N–H and O–H groups in total. The number of hydrogen-bond acceptors (Lipinski definition) is 9. The first kappa shape index (κ1) is 27.6. The van der Waals surface area contributed by atoms with Gasteiger partial charge in [0.25, 0.3) is 5.92 Å². The summed E-state index contributed by atoms with van der Waals surface area (Å²) in [6, 6.07) is 5.70. The SMILES string of the molecule is COc1ccncc1-c1cc2c(cnn2-c2cc3c(nc(C4CN(C)CC(F)(F)C4)n3C)c(N3CCOCC3)n2)c(C)n1. The lowest BCUT2D eigenvalue weighted by Gasteiger charge is -2.35. The molecular weight excluding hydrogens is 556 g/mol. The van der Waals surface area contributed by atoms with Gasteiger partial charge in [0.2, 0.25) is 0 Å². The van der Waals surface area contributed by atoms with Crippen LogP contribution in [0.3, 0.4) is 0 Å². The molecule has 13 heteroatoms. The van der Waals surface area contributed by atoms with Crippen molar-refractivity contribution in [3.63, 3.8) is 0 Å². The van der Waals surface area contributed by atoms with E-state index in [4.69, 9.17) is 29.5 Å². The van der Waals surface area contributed by atoms with E-state index in [0.29, 0.717) is 67.3 Å². The first-order chi connectivity index (χ1) is 20.7. The number of fused-ring (bicyclic) bond motifs is 2. The molecule has 1 unspecified atom stereocenters. The van der Waals surface area contributed by atoms with Crippen molar-refractivity contribution >= 4 is 27.8 Å². The van der Waals surface area contributed by atoms with Crippen LogP contribution in [-0.4, -0.2) is 98.7 Å². The molecule has 7 rings (SSSR count). The van der Waals surface area contributed by atoms with Crippen LogP contribution in [0.2, 0.25) is 0 Å². The third kappa shape index (κ3) is 4.85. The van der Waals surface area contributed by atoms with Gasteiger partial charge in [0.15, 0.2) is 11.6 Å². The number of methoxy groups -OCH3 is 1. The molecule has 43 heavy (non-hydrogen) atoms. The van der Waals surface area contributed by atoms with E-state index in [-0.39, 0.29) is 13.0 Å². The topological polar surface area (TPSA) is 99.3 Å². The van der Waals surface area contributed by atoms with Crippen LogP contribution in [0.25, 0.3) is 39.0 Å². The molecule has 2 saturated heterocycles. The van der Waals surface area contributed by atoms with Gasteiger partial charge in [0.05, 0.1) is 55.4 Å². The minimum atomic E-state index is -2.78. The van der Waals surface area contributed by atoms with E-state index < -0.39 is 11.8 Å². The first-order valence-electron chi connectivity index (χ1n) is 14.3. The average Bonchev–Trinajstić information content (AvgIpc) is 3.57. The number of aryl methyl sites for hydroxylation is 2. The number of likely N-dealkylation sites (N-methyl/N-ethyl adjacent to an activating group) is 1. The number of piperidine rings is 1. The second-order valence-corrected chi connectivity index (χ2v) is 11.4. The second-order valence-electron chi connectivity index (χ2n) is 11.4. The maximum atomic E-state index is 14.6. The zero-order chi connectivity index (χ0) is 29.9. The van der Waals surface area contributed by atoms with Crippen molar-refractivity contribution in [1.82, 2.24) is 39.2 Å². The molecule has 0 bridgehead atoms. The predicted octanol–water partition coefficient (Wildman–Crippen LogP) is 3.97. The molecule has 5 aromatic heterocycles. The number of halogens is 2. The zero-order valence-electron chi connectivity index (χ0n) is 24.6. The summed E-state index contributed by atoms with van der Waals surface area (Å²) < 4.78 is 44.2. The number of morpholine rings is 1. The standard InChI is InChI=1S/C30H33F2N9O2/c1-18-20-15-34-41(23(20)11-22(35-18)21-14-33-6-5-25(21)42-4)26-12-24-27(29(36-26)40-7-9-43-10-8-40)37-28(39(24)3)19-13-30(31,32)17-38(2)16-19/h5-6,11-12,14-15,19H,7-10,13,16-17H2,1-4H3. The van der Waals surface area contributed by atoms with E-state index >= 15 is 0 Å². The largest absolute Gasteiger partial charge is 0.496 e. The Morgan fingerprint density at radius 2 is 1.86 bits per heavy atom. The van der Waals surface area contributed by atoms with Crippen LogP contribution in [0, 0.1) is 6.92 Å². The average molecular weight is 590 g/mol. The lowest BCUT2D eigenvalue weighted by molar-refractivity contribution is -0.0662. The summed E-state index contributed by atoms with van der Waals surface area (Å²) in [5.74, 6) is -0.602. The number of pyridine rings is 3. The molecule has 0 aromatic carbocycles. The highest BCUT2D eigenvalue weighted by atomic mass is 19.3. The fourth-order valence-electron chi connectivity index (χ4n) is 6.39. The van der Waals surface area contributed by atoms with Crippen molar-refractivity contribution in [3.8, 4) is 22.8 Å². The number of imidazole rings is 1. The lowest BCUT2D eigenvalue weighted by atomic mass is 9.95. The van der Waals surface area contributed by atoms with Gasteiger partial charge >= 0.3 is 0 Å². The smallest absolute Gasteiger partial charge is 0.261 e. The molecule has 1 atom stereocenters. The van der Waals surface area contributed by atoms with Crippen LogP contribution in [0.4, 0.5) is 14.6 Å². The summed E-state index contributed by atoms with van der Waals surface area (Å²) in [7, 11) is 5.25. The number of ether oxygens (including phenoxy) is 2. The van der Waals surface area contributed by atoms with Crippen molar-refractivity contribution < 1.29 is 18.3 Å². The Hall–Kier alpha value is -4.23. The van der Waals surface area contributed by atoms with Crippen LogP contribution >= 0.6 is 0 Å². The van der Waals surface area contributed by atoms with E-state index in [1.807, 2.05) is 30.7 Å². The minimum Gasteiger partial charge on any atom is -0.496 e. The van der Waals surface area contributed by atoms with Crippen molar-refractivity contribution in [1.29, 1.82) is 0 Å². The van der Waals surface area contributed by atoms with Gasteiger partial charge in [-0.2, -0.15) is 5.10 Å². The van der Waals surface area contributed by atoms with E-state index in [9.17, 15) is 8.78 Å². The number of aromatic nitrogens is 7. The van der Waals surface area contributed by atoms with E-state index in [1.54, 1.807) is 48.4 Å². The summed E-state index contributed by atoms with van der Waals surface area (Å²) >= 11 is 0. The van der Waals surface area contributed by atoms with Crippen molar-refractivity contribution in [2.75, 3.05) is 58.5 Å². The van der Waals surface area contributed by atoms with Gasteiger partial charge < -0.3 is 18.9 Å². The monoisotopic (exact) mass is 589 g/mol. The van der Waals surface area contributed by atoms with Gasteiger partial charge in [-0.25, -0.2) is 23.4 Å². The maximum Gasteiger partial charge on any atom is 0.261 e. The van der Waals surface area contributed by atoms with E-state index in [2.05, 4.69) is 9.88 Å². The number of hydrogen-bond donors (Lipinski definition) is 0. The van der Waals surface area contributed by atoms with Gasteiger partial charge in [0, 0.05) is 68.6 Å². The highest BCUT2D eigenvalue weighted by Crippen LogP contribution is 2.38. The molecular formula is C30H33F2N9O2. The van der Waals surface area contributed by atoms with E-state index in [1.165, 1.54) is 0 Å². The van der Waals surface area contributed by atoms with Crippen LogP contribution in [-0.2, 0) is 11.8 Å². The van der Waals surface area contributed by atoms with Gasteiger partial charge in [-0.05, 0) is 26.1 Å². The molecule has 0 radical (unpaired) electrons. The molecule has 2 fully saturated rings. The summed E-state index contributed by atoms with van der Waals surface area (Å²) in [6.45, 7) is 4.64. The molecule has 7 heterocycles. The Morgan fingerprint density at radius 3 is 2.63 bits per heavy atom. The fraction of sp³-hybridized carbons (Fsp3) is 0.433. The number of alkyl halides is 2. The summed E-state index contributed by atoms with van der Waals surface area (Å²) in [6.07, 6.45) is 4.96. The Balaban J connectivity index is 1.41. The van der Waals surface area contributed by atoms with Gasteiger partial charge in [-0.1, -0.05) is 0 Å². The molecule has 0 spiro atoms. The Morgan fingerprint density at radius 1 is 1.05 bits per heavy atom. The quantitative estimate of drug-likeness (QED) is 0.302. The normalized spacial score (nSPS) is 19.4. The third-order valence-corrected chi connectivity index (χ3v) is 8.38. The van der Waals surface area contributed by atoms with Crippen LogP contribution in [0.5, 0.6) is 5.75 Å². The van der Waals surface area contributed by atoms with Gasteiger partial charge in [-0.3, -0.25) is 14.9 Å². The van der Waals surface area contributed by atoms with Crippen LogP contribution in [0.1, 0.15) is 23.9 Å². The highest BCUT2D eigenvalue weighted by Gasteiger charge is 2.41. The lowest BCUT2D eigenvalue weighted by Crippen LogP contribution is -2.44. The molecule has 5 aromatic rings. The van der Waals surface area contributed by atoms with Crippen molar-refractivity contribution in [2.24, 2.45) is 7.05 Å². The highest BCUT2D eigenvalue weighted by molar-refractivity contribution is 5.91. The Labute approximate surface area is 247 Å². The third-order valence-electron chi connectivity index (χ3n) is 8.38. The number of rotatable bonds is 5. The zero-order valence-corrected chi connectivity index (χ0v) is 24.6. The molecule has 224 valence electrons. The number of likely N-dealkylation sites (tertiary alicyclic amines) is 1. The van der Waals surface area contributed by atoms with Gasteiger partial charge in [0.1, 0.15) is 17.1 Å². The van der Waals surface area contributed by atoms with Crippen LogP contribution < -0.4 is 9.64 Å². The predicted molar refractivity (Wildman–Crippen MR) is 158 cm³/mol.